The molecule has 5 rings (SSSR count). The Morgan fingerprint density at radius 2 is 1.66 bits per heavy atom. The summed E-state index contributed by atoms with van der Waals surface area (Å²) < 4.78 is 33.8. The number of rotatable bonds is 10. The van der Waals surface area contributed by atoms with Gasteiger partial charge in [-0.1, -0.05) is 61.1 Å². The number of nitrogens with one attached hydrogen (secondary N) is 1. The van der Waals surface area contributed by atoms with Crippen LogP contribution in [0, 0.1) is 52.3 Å². The monoisotopic (exact) mass is 921 g/mol. The molecule has 0 bridgehead atoms. The zero-order chi connectivity index (χ0) is 48.8. The molecule has 1 aliphatic heterocycles. The van der Waals surface area contributed by atoms with Gasteiger partial charge in [0.2, 0.25) is 5.60 Å². The molecule has 370 valence electrons. The van der Waals surface area contributed by atoms with Crippen molar-refractivity contribution in [3.8, 4) is 0 Å². The number of hydrogen-bond donors (Lipinski definition) is 7. The van der Waals surface area contributed by atoms with Gasteiger partial charge >= 0.3 is 11.9 Å². The van der Waals surface area contributed by atoms with Crippen LogP contribution >= 0.6 is 0 Å². The minimum Gasteiger partial charge on any atom is -0.492 e. The Morgan fingerprint density at radius 1 is 1.00 bits per heavy atom. The molecule has 0 aromatic carbocycles. The number of aliphatic hydroxyl groups is 6. The summed E-state index contributed by atoms with van der Waals surface area (Å²) >= 11 is 0. The standard InChI is InChI=1S/C50H81FN2O12/c1-13-39-49(11,62)44(59)31(6)53(26-27(2)24-48(10,61)43(58)30(5)42(57)29(4)32(7)64-39)20-14-18-52-19-16-40(56)65-50(45(60)63-12)28(3)21-35-34-23-37(51)36-22-33(54)15-17-46(36,8)41(34)38(55)25-47(35,50)9/h15,17,22,27-31,34-35,37-39,41-44,52,55,57-59,61-62H,7,13-14,16,18-21,23-26H2,1-6,8-12H3/t27-,28-,29?,30+,31-,34?,35?,37+,38?,39-,41?,42-,43-,44?,46?,47?,48-,49-,50+/m1/s1. The van der Waals surface area contributed by atoms with E-state index >= 15 is 4.39 Å². The van der Waals surface area contributed by atoms with E-state index in [1.54, 1.807) is 26.8 Å². The number of hydrogen-bond acceptors (Lipinski definition) is 14. The van der Waals surface area contributed by atoms with Crippen molar-refractivity contribution >= 4 is 17.7 Å². The average Bonchev–Trinajstić information content (AvgIpc) is 3.46. The third-order valence-electron chi connectivity index (χ3n) is 17.0. The number of carbonyl (C=O) groups excluding carboxylic acids is 3. The second kappa shape index (κ2) is 20.1. The number of alkyl halides is 1. The molecule has 3 saturated carbocycles. The van der Waals surface area contributed by atoms with Crippen LogP contribution in [0.1, 0.15) is 114 Å². The van der Waals surface area contributed by atoms with Gasteiger partial charge in [-0.25, -0.2) is 9.18 Å². The molecule has 0 amide bonds. The van der Waals surface area contributed by atoms with E-state index in [1.165, 1.54) is 26.2 Å². The van der Waals surface area contributed by atoms with Crippen LogP contribution in [0.3, 0.4) is 0 Å². The lowest BCUT2D eigenvalue weighted by molar-refractivity contribution is -0.217. The molecule has 4 fully saturated rings. The van der Waals surface area contributed by atoms with Crippen molar-refractivity contribution in [3.05, 3.63) is 36.1 Å². The highest BCUT2D eigenvalue weighted by Gasteiger charge is 2.74. The highest BCUT2D eigenvalue weighted by atomic mass is 19.1. The third kappa shape index (κ3) is 9.78. The lowest BCUT2D eigenvalue weighted by Gasteiger charge is -2.60. The van der Waals surface area contributed by atoms with Gasteiger partial charge in [0.25, 0.3) is 0 Å². The van der Waals surface area contributed by atoms with Crippen molar-refractivity contribution in [2.24, 2.45) is 52.3 Å². The van der Waals surface area contributed by atoms with Gasteiger partial charge in [-0.2, -0.15) is 0 Å². The smallest absolute Gasteiger partial charge is 0.351 e. The summed E-state index contributed by atoms with van der Waals surface area (Å²) in [6.45, 7) is 23.1. The van der Waals surface area contributed by atoms with Crippen LogP contribution in [0.15, 0.2) is 36.1 Å². The number of ether oxygens (including phenoxy) is 3. The summed E-state index contributed by atoms with van der Waals surface area (Å²) in [4.78, 5) is 42.1. The van der Waals surface area contributed by atoms with E-state index in [-0.39, 0.29) is 61.5 Å². The first-order valence-corrected chi connectivity index (χ1v) is 24.0. The number of aliphatic hydroxyl groups excluding tert-OH is 4. The van der Waals surface area contributed by atoms with Crippen molar-refractivity contribution in [2.45, 2.75) is 174 Å². The van der Waals surface area contributed by atoms with Gasteiger partial charge in [-0.05, 0) is 108 Å². The van der Waals surface area contributed by atoms with E-state index in [1.807, 2.05) is 46.4 Å². The molecule has 1 saturated heterocycles. The molecule has 5 aliphatic rings. The third-order valence-corrected chi connectivity index (χ3v) is 17.0. The predicted molar refractivity (Wildman–Crippen MR) is 242 cm³/mol. The van der Waals surface area contributed by atoms with Crippen molar-refractivity contribution in [2.75, 3.05) is 33.3 Å². The molecule has 7 N–H and O–H groups in total. The predicted octanol–water partition coefficient (Wildman–Crippen LogP) is 4.18. The summed E-state index contributed by atoms with van der Waals surface area (Å²) in [5.74, 6) is -4.55. The molecule has 8 unspecified atom stereocenters. The summed E-state index contributed by atoms with van der Waals surface area (Å²) in [7, 11) is 1.25. The van der Waals surface area contributed by atoms with Gasteiger partial charge in [-0.15, -0.1) is 0 Å². The quantitative estimate of drug-likeness (QED) is 0.121. The number of nitrogens with zero attached hydrogens (tertiary/aromatic N) is 1. The summed E-state index contributed by atoms with van der Waals surface area (Å²) in [5, 5.41) is 72.9. The summed E-state index contributed by atoms with van der Waals surface area (Å²) in [6.07, 6.45) is -0.777. The lowest BCUT2D eigenvalue weighted by atomic mass is 9.46. The van der Waals surface area contributed by atoms with Gasteiger partial charge in [0, 0.05) is 53.6 Å². The van der Waals surface area contributed by atoms with E-state index in [2.05, 4.69) is 11.9 Å². The lowest BCUT2D eigenvalue weighted by Crippen LogP contribution is -2.64. The van der Waals surface area contributed by atoms with Crippen molar-refractivity contribution in [1.29, 1.82) is 0 Å². The van der Waals surface area contributed by atoms with Crippen LogP contribution in [0.5, 0.6) is 0 Å². The maximum atomic E-state index is 16.0. The summed E-state index contributed by atoms with van der Waals surface area (Å²) in [6, 6.07) is -0.592. The zero-order valence-corrected chi connectivity index (χ0v) is 40.8. The number of halogens is 1. The summed E-state index contributed by atoms with van der Waals surface area (Å²) in [5.41, 5.74) is -6.60. The number of methoxy groups -OCH3 is 1. The van der Waals surface area contributed by atoms with Gasteiger partial charge in [-0.3, -0.25) is 14.5 Å². The zero-order valence-electron chi connectivity index (χ0n) is 40.8. The first-order valence-electron chi connectivity index (χ1n) is 24.0. The number of fused-ring (bicyclic) bond motifs is 5. The van der Waals surface area contributed by atoms with E-state index in [9.17, 15) is 45.0 Å². The van der Waals surface area contributed by atoms with Crippen molar-refractivity contribution < 1.29 is 63.6 Å². The van der Waals surface area contributed by atoms with E-state index in [0.29, 0.717) is 44.5 Å². The van der Waals surface area contributed by atoms with E-state index < -0.39 is 106 Å². The number of esters is 2. The van der Waals surface area contributed by atoms with Crippen LogP contribution in [0.4, 0.5) is 4.39 Å². The number of ketones is 1. The SMILES string of the molecule is C=C1O[C@H](CC)[C@@](C)(O)C(O)[C@@H](C)N(CCCNCCC(=O)O[C@]2(C(=O)OC)[C@H](C)CC3C4C[C@H](F)C5=CC(=O)C=CC5(C)C4C(O)CC32C)C[C@H](C)C[C@@](C)(O)[C@H](O)[C@@H](C)[C@H](O)C1C. The van der Waals surface area contributed by atoms with Crippen molar-refractivity contribution in [3.63, 3.8) is 0 Å². The maximum absolute atomic E-state index is 16.0. The van der Waals surface area contributed by atoms with Gasteiger partial charge in [0.15, 0.2) is 5.78 Å². The Kier molecular flexibility index (Phi) is 16.4. The number of allylic oxidation sites excluding steroid dienone is 4. The van der Waals surface area contributed by atoms with Crippen molar-refractivity contribution in [1.82, 2.24) is 10.2 Å². The second-order valence-electron chi connectivity index (χ2n) is 21.6. The Labute approximate surface area is 386 Å². The van der Waals surface area contributed by atoms with Gasteiger partial charge < -0.3 is 50.2 Å². The first kappa shape index (κ1) is 53.2. The molecular weight excluding hydrogens is 840 g/mol. The fraction of sp³-hybridized carbons (Fsp3) is 0.820. The Morgan fingerprint density at radius 3 is 2.29 bits per heavy atom. The minimum absolute atomic E-state index is 0.0794. The van der Waals surface area contributed by atoms with E-state index in [0.717, 1.165) is 0 Å². The molecule has 1 heterocycles. The average molecular weight is 921 g/mol. The Bertz CT molecular complexity index is 1810. The van der Waals surface area contributed by atoms with Crippen LogP contribution in [-0.4, -0.2) is 146 Å². The highest BCUT2D eigenvalue weighted by Crippen LogP contribution is 2.69. The largest absolute Gasteiger partial charge is 0.492 e. The van der Waals surface area contributed by atoms with Crippen LogP contribution in [-0.2, 0) is 28.6 Å². The molecule has 15 heteroatoms. The molecule has 65 heavy (non-hydrogen) atoms. The molecular formula is C50H81FN2O12. The minimum atomic E-state index is -1.73. The molecule has 0 aromatic heterocycles. The van der Waals surface area contributed by atoms with Crippen LogP contribution in [0.2, 0.25) is 0 Å². The van der Waals surface area contributed by atoms with E-state index in [4.69, 9.17) is 14.2 Å². The van der Waals surface area contributed by atoms with Crippen LogP contribution < -0.4 is 5.32 Å². The molecule has 0 aromatic rings. The molecule has 0 spiro atoms. The second-order valence-corrected chi connectivity index (χ2v) is 21.6. The molecule has 0 radical (unpaired) electrons. The normalized spacial score (nSPS) is 46.4. The Balaban J connectivity index is 1.26. The molecule has 14 nitrogen and oxygen atoms in total. The highest BCUT2D eigenvalue weighted by molar-refractivity contribution is 6.01. The fourth-order valence-corrected chi connectivity index (χ4v) is 13.4. The van der Waals surface area contributed by atoms with Gasteiger partial charge in [0.05, 0.1) is 43.2 Å². The van der Waals surface area contributed by atoms with Crippen LogP contribution in [0.25, 0.3) is 0 Å². The maximum Gasteiger partial charge on any atom is 0.351 e. The molecule has 4 aliphatic carbocycles. The first-order chi connectivity index (χ1) is 30.2. The fourth-order valence-electron chi connectivity index (χ4n) is 13.4. The number of carbonyl (C=O) groups is 3. The topological polar surface area (TPSA) is 216 Å². The molecule has 19 atom stereocenters. The van der Waals surface area contributed by atoms with Gasteiger partial charge in [0.1, 0.15) is 24.0 Å². The Hall–Kier alpha value is -2.76.